The molecule has 1 unspecified atom stereocenters. The van der Waals surface area contributed by atoms with Crippen LogP contribution in [0, 0.1) is 0 Å². The zero-order valence-corrected chi connectivity index (χ0v) is 19.1. The van der Waals surface area contributed by atoms with E-state index in [9.17, 15) is 0 Å². The maximum absolute atomic E-state index is 5.44. The summed E-state index contributed by atoms with van der Waals surface area (Å²) in [4.78, 5) is 9.46. The Hall–Kier alpha value is -3.54. The van der Waals surface area contributed by atoms with E-state index in [1.807, 2.05) is 28.8 Å². The standard InChI is InChI=1S/C26H30N4O2/c1-5-6-7-8-19-9-10-20(15-18(19)2)22-17-30-14-13-27-26(30)25(29-22)28-21-11-12-23(31-3)24(16-21)32-4/h7-14,16-17,20H,5-6,15H2,1-4H3,(H,28,29)/b8-7-. The fraction of sp³-hybridized carbons (Fsp3) is 0.308. The van der Waals surface area contributed by atoms with E-state index in [2.05, 4.69) is 54.6 Å². The van der Waals surface area contributed by atoms with Crippen LogP contribution >= 0.6 is 0 Å². The highest BCUT2D eigenvalue weighted by molar-refractivity contribution is 5.71. The molecule has 0 saturated heterocycles. The van der Waals surface area contributed by atoms with Gasteiger partial charge in [0, 0.05) is 36.3 Å². The summed E-state index contributed by atoms with van der Waals surface area (Å²) >= 11 is 0. The Bertz CT molecular complexity index is 1190. The molecule has 1 aliphatic rings. The number of ether oxygens (including phenoxy) is 2. The van der Waals surface area contributed by atoms with Crippen molar-refractivity contribution < 1.29 is 9.47 Å². The quantitative estimate of drug-likeness (QED) is 0.461. The van der Waals surface area contributed by atoms with Gasteiger partial charge in [-0.05, 0) is 37.5 Å². The number of allylic oxidation sites excluding steroid dienone is 6. The number of rotatable bonds is 8. The van der Waals surface area contributed by atoms with Gasteiger partial charge in [-0.25, -0.2) is 9.97 Å². The summed E-state index contributed by atoms with van der Waals surface area (Å²) in [6.45, 7) is 4.41. The third-order valence-corrected chi connectivity index (χ3v) is 5.70. The Labute approximate surface area is 189 Å². The number of aromatic nitrogens is 3. The molecule has 0 fully saturated rings. The van der Waals surface area contributed by atoms with Gasteiger partial charge in [-0.3, -0.25) is 0 Å². The van der Waals surface area contributed by atoms with Crippen molar-refractivity contribution in [3.8, 4) is 11.5 Å². The Kier molecular flexibility index (Phi) is 6.59. The normalized spacial score (nSPS) is 16.2. The molecule has 6 nitrogen and oxygen atoms in total. The van der Waals surface area contributed by atoms with Gasteiger partial charge in [0.1, 0.15) is 0 Å². The molecule has 1 aliphatic carbocycles. The van der Waals surface area contributed by atoms with Crippen molar-refractivity contribution in [1.29, 1.82) is 0 Å². The van der Waals surface area contributed by atoms with E-state index in [1.54, 1.807) is 20.4 Å². The maximum Gasteiger partial charge on any atom is 0.180 e. The number of benzene rings is 1. The van der Waals surface area contributed by atoms with Crippen LogP contribution in [0.15, 0.2) is 72.2 Å². The van der Waals surface area contributed by atoms with E-state index < -0.39 is 0 Å². The fourth-order valence-electron chi connectivity index (χ4n) is 3.92. The molecule has 3 aromatic rings. The first kappa shape index (κ1) is 21.7. The molecule has 166 valence electrons. The van der Waals surface area contributed by atoms with E-state index in [0.29, 0.717) is 17.3 Å². The molecule has 0 bridgehead atoms. The molecule has 1 atom stereocenters. The van der Waals surface area contributed by atoms with Gasteiger partial charge in [0.05, 0.1) is 19.9 Å². The monoisotopic (exact) mass is 430 g/mol. The summed E-state index contributed by atoms with van der Waals surface area (Å²) in [5.41, 5.74) is 5.33. The summed E-state index contributed by atoms with van der Waals surface area (Å²) in [7, 11) is 3.26. The lowest BCUT2D eigenvalue weighted by atomic mass is 9.88. The van der Waals surface area contributed by atoms with Crippen molar-refractivity contribution in [1.82, 2.24) is 14.4 Å². The number of imidazole rings is 1. The molecule has 0 aliphatic heterocycles. The van der Waals surface area contributed by atoms with Crippen LogP contribution in [0.1, 0.15) is 44.7 Å². The van der Waals surface area contributed by atoms with E-state index in [1.165, 1.54) is 17.6 Å². The Balaban J connectivity index is 1.63. The van der Waals surface area contributed by atoms with Gasteiger partial charge in [-0.15, -0.1) is 0 Å². The number of fused-ring (bicyclic) bond motifs is 1. The average Bonchev–Trinajstić information content (AvgIpc) is 3.29. The first-order valence-electron chi connectivity index (χ1n) is 11.0. The van der Waals surface area contributed by atoms with Gasteiger partial charge in [0.2, 0.25) is 0 Å². The molecule has 0 saturated carbocycles. The second kappa shape index (κ2) is 9.73. The zero-order chi connectivity index (χ0) is 22.5. The molecule has 0 spiro atoms. The molecule has 2 heterocycles. The van der Waals surface area contributed by atoms with Gasteiger partial charge < -0.3 is 19.2 Å². The van der Waals surface area contributed by atoms with Crippen LogP contribution in [0.2, 0.25) is 0 Å². The van der Waals surface area contributed by atoms with Crippen LogP contribution in [-0.4, -0.2) is 28.6 Å². The van der Waals surface area contributed by atoms with Gasteiger partial charge in [-0.2, -0.15) is 0 Å². The highest BCUT2D eigenvalue weighted by Gasteiger charge is 2.19. The van der Waals surface area contributed by atoms with Crippen molar-refractivity contribution in [3.05, 3.63) is 77.9 Å². The van der Waals surface area contributed by atoms with Crippen molar-refractivity contribution >= 4 is 17.2 Å². The van der Waals surface area contributed by atoms with Crippen LogP contribution in [0.4, 0.5) is 11.5 Å². The molecule has 6 heteroatoms. The number of unbranched alkanes of at least 4 members (excludes halogenated alkanes) is 1. The molecular weight excluding hydrogens is 400 g/mol. The second-order valence-corrected chi connectivity index (χ2v) is 7.96. The van der Waals surface area contributed by atoms with Gasteiger partial charge in [-0.1, -0.05) is 43.2 Å². The van der Waals surface area contributed by atoms with Crippen molar-refractivity contribution in [2.45, 2.75) is 39.0 Å². The molecule has 2 aromatic heterocycles. The van der Waals surface area contributed by atoms with E-state index >= 15 is 0 Å². The summed E-state index contributed by atoms with van der Waals surface area (Å²) < 4.78 is 12.8. The van der Waals surface area contributed by atoms with Crippen LogP contribution in [-0.2, 0) is 0 Å². The minimum Gasteiger partial charge on any atom is -0.493 e. The topological polar surface area (TPSA) is 60.7 Å². The van der Waals surface area contributed by atoms with Gasteiger partial charge >= 0.3 is 0 Å². The highest BCUT2D eigenvalue weighted by atomic mass is 16.5. The Morgan fingerprint density at radius 3 is 2.81 bits per heavy atom. The van der Waals surface area contributed by atoms with Crippen LogP contribution in [0.5, 0.6) is 11.5 Å². The molecule has 4 rings (SSSR count). The lowest BCUT2D eigenvalue weighted by Gasteiger charge is -2.20. The third-order valence-electron chi connectivity index (χ3n) is 5.70. The number of nitrogens with one attached hydrogen (secondary N) is 1. The predicted molar refractivity (Wildman–Crippen MR) is 129 cm³/mol. The first-order valence-corrected chi connectivity index (χ1v) is 11.0. The highest BCUT2D eigenvalue weighted by Crippen LogP contribution is 2.34. The molecule has 0 amide bonds. The average molecular weight is 431 g/mol. The third kappa shape index (κ3) is 4.54. The van der Waals surface area contributed by atoms with Crippen molar-refractivity contribution in [2.24, 2.45) is 0 Å². The van der Waals surface area contributed by atoms with Gasteiger partial charge in [0.25, 0.3) is 0 Å². The van der Waals surface area contributed by atoms with Crippen molar-refractivity contribution in [2.75, 3.05) is 19.5 Å². The Morgan fingerprint density at radius 2 is 2.06 bits per heavy atom. The molecule has 0 radical (unpaired) electrons. The number of hydrogen-bond donors (Lipinski definition) is 1. The number of anilines is 2. The molecule has 32 heavy (non-hydrogen) atoms. The summed E-state index contributed by atoms with van der Waals surface area (Å²) in [6.07, 6.45) is 18.0. The molecular formula is C26H30N4O2. The predicted octanol–water partition coefficient (Wildman–Crippen LogP) is 6.21. The minimum atomic E-state index is 0.219. The number of nitrogens with zero attached hydrogens (tertiary/aromatic N) is 3. The van der Waals surface area contributed by atoms with Crippen LogP contribution in [0.3, 0.4) is 0 Å². The number of hydrogen-bond acceptors (Lipinski definition) is 5. The lowest BCUT2D eigenvalue weighted by Crippen LogP contribution is -2.08. The van der Waals surface area contributed by atoms with E-state index in [4.69, 9.17) is 14.5 Å². The fourth-order valence-corrected chi connectivity index (χ4v) is 3.92. The van der Waals surface area contributed by atoms with Crippen LogP contribution < -0.4 is 14.8 Å². The smallest absolute Gasteiger partial charge is 0.180 e. The first-order chi connectivity index (χ1) is 15.6. The SMILES string of the molecule is CCC/C=C\C1=C(C)CC(c2cn3ccnc3c(Nc3ccc(OC)c(OC)c3)n2)C=C1. The Morgan fingerprint density at radius 1 is 1.22 bits per heavy atom. The van der Waals surface area contributed by atoms with Gasteiger partial charge in [0.15, 0.2) is 23.0 Å². The summed E-state index contributed by atoms with van der Waals surface area (Å²) in [5, 5.41) is 3.42. The maximum atomic E-state index is 5.44. The summed E-state index contributed by atoms with van der Waals surface area (Å²) in [6, 6.07) is 5.71. The molecule has 1 aromatic carbocycles. The van der Waals surface area contributed by atoms with Crippen LogP contribution in [0.25, 0.3) is 5.65 Å². The van der Waals surface area contributed by atoms with E-state index in [0.717, 1.165) is 29.9 Å². The second-order valence-electron chi connectivity index (χ2n) is 7.96. The zero-order valence-electron chi connectivity index (χ0n) is 19.1. The van der Waals surface area contributed by atoms with Crippen molar-refractivity contribution in [3.63, 3.8) is 0 Å². The largest absolute Gasteiger partial charge is 0.493 e. The molecule has 1 N–H and O–H groups in total. The minimum absolute atomic E-state index is 0.219. The summed E-state index contributed by atoms with van der Waals surface area (Å²) in [5.74, 6) is 2.27. The lowest BCUT2D eigenvalue weighted by molar-refractivity contribution is 0.355. The number of methoxy groups -OCH3 is 2. The van der Waals surface area contributed by atoms with E-state index in [-0.39, 0.29) is 5.92 Å².